The fourth-order valence-corrected chi connectivity index (χ4v) is 2.24. The number of aryl methyl sites for hydroxylation is 1. The van der Waals surface area contributed by atoms with Gasteiger partial charge in [0.1, 0.15) is 0 Å². The van der Waals surface area contributed by atoms with Crippen LogP contribution in [-0.2, 0) is 19.3 Å². The van der Waals surface area contributed by atoms with Crippen LogP contribution in [0.2, 0.25) is 0 Å². The number of hydrogen-bond acceptors (Lipinski definition) is 3. The van der Waals surface area contributed by atoms with Gasteiger partial charge in [-0.15, -0.1) is 0 Å². The van der Waals surface area contributed by atoms with Crippen LogP contribution in [0.3, 0.4) is 0 Å². The van der Waals surface area contributed by atoms with Crippen molar-refractivity contribution >= 4 is 5.91 Å². The Labute approximate surface area is 117 Å². The van der Waals surface area contributed by atoms with E-state index in [0.717, 1.165) is 0 Å². The monoisotopic (exact) mass is 296 g/mol. The molecule has 0 fully saturated rings. The zero-order chi connectivity index (χ0) is 15.2. The van der Waals surface area contributed by atoms with Crippen molar-refractivity contribution < 1.29 is 18.0 Å². The Morgan fingerprint density at radius 1 is 1.38 bits per heavy atom. The minimum Gasteiger partial charge on any atom is -0.346 e. The summed E-state index contributed by atoms with van der Waals surface area (Å²) in [6, 6.07) is 1.43. The summed E-state index contributed by atoms with van der Waals surface area (Å²) in [5.74, 6) is -0.323. The summed E-state index contributed by atoms with van der Waals surface area (Å²) in [7, 11) is 0. The van der Waals surface area contributed by atoms with E-state index in [0.29, 0.717) is 24.3 Å². The average molecular weight is 296 g/mol. The lowest BCUT2D eigenvalue weighted by Gasteiger charge is -2.06. The Balaban J connectivity index is 2.15. The Hall–Kier alpha value is -2.38. The van der Waals surface area contributed by atoms with Gasteiger partial charge in [0.15, 0.2) is 5.69 Å². The molecule has 5 nitrogen and oxygen atoms in total. The minimum atomic E-state index is -4.56. The van der Waals surface area contributed by atoms with Crippen molar-refractivity contribution in [2.45, 2.75) is 26.2 Å². The maximum absolute atomic E-state index is 13.1. The van der Waals surface area contributed by atoms with E-state index in [9.17, 15) is 18.0 Å². The van der Waals surface area contributed by atoms with Crippen molar-refractivity contribution in [2.75, 3.05) is 0 Å². The molecule has 0 aromatic carbocycles. The molecule has 1 aliphatic rings. The largest absolute Gasteiger partial charge is 0.435 e. The molecule has 0 atom stereocenters. The second-order valence-electron chi connectivity index (χ2n) is 4.65. The summed E-state index contributed by atoms with van der Waals surface area (Å²) >= 11 is 0. The van der Waals surface area contributed by atoms with Gasteiger partial charge >= 0.3 is 6.18 Å². The zero-order valence-electron chi connectivity index (χ0n) is 11.0. The maximum Gasteiger partial charge on any atom is 0.435 e. The van der Waals surface area contributed by atoms with Gasteiger partial charge in [-0.2, -0.15) is 18.3 Å². The van der Waals surface area contributed by atoms with Crippen LogP contribution < -0.4 is 5.32 Å². The number of carbonyl (C=O) groups is 1. The number of pyridine rings is 1. The van der Waals surface area contributed by atoms with E-state index < -0.39 is 11.9 Å². The summed E-state index contributed by atoms with van der Waals surface area (Å²) in [4.78, 5) is 15.7. The molecule has 1 aliphatic heterocycles. The third kappa shape index (κ3) is 2.26. The average Bonchev–Trinajstić information content (AvgIpc) is 3.02. The Morgan fingerprint density at radius 2 is 2.14 bits per heavy atom. The fraction of sp³-hybridized carbons (Fsp3) is 0.308. The highest BCUT2D eigenvalue weighted by atomic mass is 19.4. The van der Waals surface area contributed by atoms with Gasteiger partial charge < -0.3 is 5.32 Å². The van der Waals surface area contributed by atoms with Crippen LogP contribution in [0.5, 0.6) is 0 Å². The summed E-state index contributed by atoms with van der Waals surface area (Å²) in [5.41, 5.74) is 0.0479. The van der Waals surface area contributed by atoms with E-state index in [1.807, 2.05) is 0 Å². The molecule has 0 bridgehead atoms. The molecule has 2 aromatic heterocycles. The molecule has 0 saturated carbocycles. The number of aromatic nitrogens is 3. The standard InChI is InChI=1S/C13H11F3N4O/c1-2-20-6-9(11(19-20)13(14,15)16)7-3-8-10(17-4-7)5-18-12(8)21/h3-4,6H,2,5H2,1H3,(H,18,21). The smallest absolute Gasteiger partial charge is 0.346 e. The zero-order valence-corrected chi connectivity index (χ0v) is 11.0. The van der Waals surface area contributed by atoms with Crippen molar-refractivity contribution in [1.29, 1.82) is 0 Å². The Morgan fingerprint density at radius 3 is 2.81 bits per heavy atom. The molecule has 1 amide bonds. The molecular formula is C13H11F3N4O. The van der Waals surface area contributed by atoms with E-state index in [1.165, 1.54) is 23.1 Å². The first-order valence-corrected chi connectivity index (χ1v) is 6.32. The third-order valence-corrected chi connectivity index (χ3v) is 3.30. The summed E-state index contributed by atoms with van der Waals surface area (Å²) in [6.45, 7) is 2.32. The Kier molecular flexibility index (Phi) is 2.96. The lowest BCUT2D eigenvalue weighted by atomic mass is 10.1. The first-order chi connectivity index (χ1) is 9.90. The molecule has 0 saturated heterocycles. The van der Waals surface area contributed by atoms with Gasteiger partial charge in [-0.3, -0.25) is 14.5 Å². The van der Waals surface area contributed by atoms with E-state index >= 15 is 0 Å². The molecule has 3 heterocycles. The molecular weight excluding hydrogens is 285 g/mol. The van der Waals surface area contributed by atoms with Gasteiger partial charge in [0.25, 0.3) is 5.91 Å². The van der Waals surface area contributed by atoms with Crippen LogP contribution in [0.4, 0.5) is 13.2 Å². The van der Waals surface area contributed by atoms with Gasteiger partial charge in [0.05, 0.1) is 17.8 Å². The number of rotatable bonds is 2. The van der Waals surface area contributed by atoms with Gasteiger partial charge in [-0.05, 0) is 13.0 Å². The number of hydrogen-bond donors (Lipinski definition) is 1. The van der Waals surface area contributed by atoms with Crippen LogP contribution in [0.25, 0.3) is 11.1 Å². The summed E-state index contributed by atoms with van der Waals surface area (Å²) < 4.78 is 40.4. The Bertz CT molecular complexity index is 721. The molecule has 3 rings (SSSR count). The first kappa shape index (κ1) is 13.6. The van der Waals surface area contributed by atoms with E-state index in [1.54, 1.807) is 6.92 Å². The fourth-order valence-electron chi connectivity index (χ4n) is 2.24. The van der Waals surface area contributed by atoms with Gasteiger partial charge in [-0.25, -0.2) is 0 Å². The minimum absolute atomic E-state index is 0.0700. The van der Waals surface area contributed by atoms with Crippen LogP contribution >= 0.6 is 0 Å². The molecule has 2 aromatic rings. The number of halogens is 3. The molecule has 0 aliphatic carbocycles. The maximum atomic E-state index is 13.1. The summed E-state index contributed by atoms with van der Waals surface area (Å²) in [6.07, 6.45) is -1.90. The highest BCUT2D eigenvalue weighted by Crippen LogP contribution is 2.36. The molecule has 0 unspecified atom stereocenters. The quantitative estimate of drug-likeness (QED) is 0.924. The molecule has 0 radical (unpaired) electrons. The van der Waals surface area contributed by atoms with Crippen molar-refractivity contribution in [3.05, 3.63) is 35.4 Å². The normalized spacial score (nSPS) is 14.2. The van der Waals surface area contributed by atoms with Crippen LogP contribution in [-0.4, -0.2) is 20.7 Å². The lowest BCUT2D eigenvalue weighted by Crippen LogP contribution is -2.12. The number of alkyl halides is 3. The van der Waals surface area contributed by atoms with Gasteiger partial charge in [0.2, 0.25) is 0 Å². The number of amides is 1. The van der Waals surface area contributed by atoms with Gasteiger partial charge in [0, 0.05) is 30.1 Å². The van der Waals surface area contributed by atoms with E-state index in [-0.39, 0.29) is 17.0 Å². The first-order valence-electron chi connectivity index (χ1n) is 6.32. The molecule has 21 heavy (non-hydrogen) atoms. The molecule has 0 spiro atoms. The van der Waals surface area contributed by atoms with Crippen molar-refractivity contribution in [1.82, 2.24) is 20.1 Å². The van der Waals surface area contributed by atoms with Crippen molar-refractivity contribution in [3.8, 4) is 11.1 Å². The van der Waals surface area contributed by atoms with E-state index in [2.05, 4.69) is 15.4 Å². The second kappa shape index (κ2) is 4.57. The topological polar surface area (TPSA) is 59.8 Å². The number of fused-ring (bicyclic) bond motifs is 1. The number of nitrogens with one attached hydrogen (secondary N) is 1. The predicted molar refractivity (Wildman–Crippen MR) is 67.3 cm³/mol. The van der Waals surface area contributed by atoms with E-state index in [4.69, 9.17) is 0 Å². The number of carbonyl (C=O) groups excluding carboxylic acids is 1. The van der Waals surface area contributed by atoms with Gasteiger partial charge in [-0.1, -0.05) is 0 Å². The molecule has 110 valence electrons. The molecule has 1 N–H and O–H groups in total. The van der Waals surface area contributed by atoms with Crippen LogP contribution in [0.1, 0.15) is 28.7 Å². The predicted octanol–water partition coefficient (Wildman–Crippen LogP) is 2.23. The third-order valence-electron chi connectivity index (χ3n) is 3.30. The highest BCUT2D eigenvalue weighted by Gasteiger charge is 2.38. The summed E-state index contributed by atoms with van der Waals surface area (Å²) in [5, 5.41) is 6.13. The SMILES string of the molecule is CCn1cc(-c2cnc3c(c2)C(=O)NC3)c(C(F)(F)F)n1. The van der Waals surface area contributed by atoms with Crippen LogP contribution in [0, 0.1) is 0 Å². The van der Waals surface area contributed by atoms with Crippen molar-refractivity contribution in [3.63, 3.8) is 0 Å². The van der Waals surface area contributed by atoms with Crippen LogP contribution in [0.15, 0.2) is 18.5 Å². The number of nitrogens with zero attached hydrogens (tertiary/aromatic N) is 3. The molecule has 8 heteroatoms. The second-order valence-corrected chi connectivity index (χ2v) is 4.65. The lowest BCUT2D eigenvalue weighted by molar-refractivity contribution is -0.141. The highest BCUT2D eigenvalue weighted by molar-refractivity contribution is 5.98. The van der Waals surface area contributed by atoms with Crippen molar-refractivity contribution in [2.24, 2.45) is 0 Å².